The minimum atomic E-state index is -0.347. The molecule has 0 aliphatic carbocycles. The van der Waals surface area contributed by atoms with Crippen molar-refractivity contribution in [1.29, 1.82) is 0 Å². The predicted octanol–water partition coefficient (Wildman–Crippen LogP) is 3.78. The molecule has 0 aliphatic rings. The van der Waals surface area contributed by atoms with Gasteiger partial charge in [0.05, 0.1) is 6.04 Å². The van der Waals surface area contributed by atoms with E-state index in [4.69, 9.17) is 5.84 Å². The zero-order valence-corrected chi connectivity index (χ0v) is 12.5. The fraction of sp³-hybridized carbons (Fsp3) is 0.200. The fourth-order valence-electron chi connectivity index (χ4n) is 2.01. The van der Waals surface area contributed by atoms with Crippen LogP contribution in [0.1, 0.15) is 22.7 Å². The summed E-state index contributed by atoms with van der Waals surface area (Å²) in [5, 5.41) is 0. The van der Waals surface area contributed by atoms with Crippen molar-refractivity contribution in [2.24, 2.45) is 5.84 Å². The van der Waals surface area contributed by atoms with Crippen molar-refractivity contribution in [3.8, 4) is 0 Å². The SMILES string of the molecule is Cc1ccc(C(Cc2ccc(Br)cc2F)NN)cc1F. The minimum absolute atomic E-state index is 0.293. The molecule has 0 amide bonds. The van der Waals surface area contributed by atoms with Gasteiger partial charge in [-0.15, -0.1) is 0 Å². The van der Waals surface area contributed by atoms with Crippen molar-refractivity contribution in [3.05, 3.63) is 69.2 Å². The Kier molecular flexibility index (Phi) is 4.86. The third kappa shape index (κ3) is 3.42. The van der Waals surface area contributed by atoms with Crippen molar-refractivity contribution in [2.45, 2.75) is 19.4 Å². The van der Waals surface area contributed by atoms with Gasteiger partial charge in [0.2, 0.25) is 0 Å². The number of benzene rings is 2. The second-order valence-electron chi connectivity index (χ2n) is 4.67. The Labute approximate surface area is 125 Å². The van der Waals surface area contributed by atoms with Gasteiger partial charge in [0.1, 0.15) is 11.6 Å². The molecular formula is C15H15BrF2N2. The first-order valence-corrected chi connectivity index (χ1v) is 6.96. The van der Waals surface area contributed by atoms with Gasteiger partial charge in [-0.05, 0) is 48.2 Å². The summed E-state index contributed by atoms with van der Waals surface area (Å²) in [7, 11) is 0. The van der Waals surface area contributed by atoms with E-state index in [1.54, 1.807) is 31.2 Å². The van der Waals surface area contributed by atoms with Crippen molar-refractivity contribution in [3.63, 3.8) is 0 Å². The maximum atomic E-state index is 13.8. The third-order valence-electron chi connectivity index (χ3n) is 3.24. The Morgan fingerprint density at radius 3 is 2.50 bits per heavy atom. The molecule has 2 aromatic rings. The molecule has 2 aromatic carbocycles. The van der Waals surface area contributed by atoms with E-state index in [2.05, 4.69) is 21.4 Å². The summed E-state index contributed by atoms with van der Waals surface area (Å²) in [5.41, 5.74) is 4.40. The number of hydrogen-bond acceptors (Lipinski definition) is 2. The van der Waals surface area contributed by atoms with Crippen LogP contribution in [0.15, 0.2) is 40.9 Å². The molecule has 3 N–H and O–H groups in total. The highest BCUT2D eigenvalue weighted by Gasteiger charge is 2.14. The summed E-state index contributed by atoms with van der Waals surface area (Å²) in [6.45, 7) is 1.69. The molecule has 0 saturated heterocycles. The molecular weight excluding hydrogens is 326 g/mol. The molecule has 1 unspecified atom stereocenters. The maximum Gasteiger partial charge on any atom is 0.127 e. The number of nitrogens with two attached hydrogens (primary N) is 1. The molecule has 2 nitrogen and oxygen atoms in total. The molecule has 0 heterocycles. The number of hydrazine groups is 1. The molecule has 0 bridgehead atoms. The lowest BCUT2D eigenvalue weighted by atomic mass is 9.98. The van der Waals surface area contributed by atoms with Crippen molar-refractivity contribution >= 4 is 15.9 Å². The Bertz CT molecular complexity index is 617. The minimum Gasteiger partial charge on any atom is -0.271 e. The highest BCUT2D eigenvalue weighted by molar-refractivity contribution is 9.10. The predicted molar refractivity (Wildman–Crippen MR) is 79.0 cm³/mol. The summed E-state index contributed by atoms with van der Waals surface area (Å²) >= 11 is 3.21. The third-order valence-corrected chi connectivity index (χ3v) is 3.73. The molecule has 0 saturated carbocycles. The standard InChI is InChI=1S/C15H15BrF2N2/c1-9-2-3-11(6-13(9)17)15(20-19)7-10-4-5-12(16)8-14(10)18/h2-6,8,15,20H,7,19H2,1H3. The van der Waals surface area contributed by atoms with E-state index < -0.39 is 0 Å². The monoisotopic (exact) mass is 340 g/mol. The Morgan fingerprint density at radius 2 is 1.90 bits per heavy atom. The van der Waals surface area contributed by atoms with Crippen LogP contribution in [0.5, 0.6) is 0 Å². The second kappa shape index (κ2) is 6.43. The Morgan fingerprint density at radius 1 is 1.15 bits per heavy atom. The van der Waals surface area contributed by atoms with Gasteiger partial charge in [-0.25, -0.2) is 8.78 Å². The molecule has 1 atom stereocenters. The summed E-state index contributed by atoms with van der Waals surface area (Å²) in [4.78, 5) is 0. The average molecular weight is 341 g/mol. The highest BCUT2D eigenvalue weighted by Crippen LogP contribution is 2.23. The van der Waals surface area contributed by atoms with Crippen LogP contribution in [-0.2, 0) is 6.42 Å². The maximum absolute atomic E-state index is 13.8. The average Bonchev–Trinajstić information content (AvgIpc) is 2.41. The number of aryl methyl sites for hydroxylation is 1. The first kappa shape index (κ1) is 15.1. The lowest BCUT2D eigenvalue weighted by molar-refractivity contribution is 0.524. The van der Waals surface area contributed by atoms with Gasteiger partial charge in [-0.2, -0.15) is 0 Å². The van der Waals surface area contributed by atoms with Crippen LogP contribution >= 0.6 is 15.9 Å². The van der Waals surface area contributed by atoms with Gasteiger partial charge in [-0.1, -0.05) is 34.1 Å². The van der Waals surface area contributed by atoms with Gasteiger partial charge in [-0.3, -0.25) is 11.3 Å². The molecule has 2 rings (SSSR count). The van der Waals surface area contributed by atoms with E-state index in [9.17, 15) is 8.78 Å². The largest absolute Gasteiger partial charge is 0.271 e. The van der Waals surface area contributed by atoms with Gasteiger partial charge < -0.3 is 0 Å². The first-order valence-electron chi connectivity index (χ1n) is 6.17. The van der Waals surface area contributed by atoms with E-state index in [0.717, 1.165) is 0 Å². The first-order chi connectivity index (χ1) is 9.51. The van der Waals surface area contributed by atoms with Crippen molar-refractivity contribution in [2.75, 3.05) is 0 Å². The van der Waals surface area contributed by atoms with Crippen LogP contribution in [0.4, 0.5) is 8.78 Å². The lowest BCUT2D eigenvalue weighted by Crippen LogP contribution is -2.30. The molecule has 106 valence electrons. The highest BCUT2D eigenvalue weighted by atomic mass is 79.9. The van der Waals surface area contributed by atoms with Gasteiger partial charge in [0, 0.05) is 4.47 Å². The second-order valence-corrected chi connectivity index (χ2v) is 5.58. The quantitative estimate of drug-likeness (QED) is 0.656. The molecule has 5 heteroatoms. The molecule has 0 aromatic heterocycles. The number of nitrogens with one attached hydrogen (secondary N) is 1. The van der Waals surface area contributed by atoms with Crippen LogP contribution in [0.25, 0.3) is 0 Å². The van der Waals surface area contributed by atoms with Gasteiger partial charge in [0.15, 0.2) is 0 Å². The van der Waals surface area contributed by atoms with Crippen LogP contribution in [0.2, 0.25) is 0 Å². The van der Waals surface area contributed by atoms with Crippen LogP contribution < -0.4 is 11.3 Å². The van der Waals surface area contributed by atoms with E-state index >= 15 is 0 Å². The summed E-state index contributed by atoms with van der Waals surface area (Å²) in [5.74, 6) is 4.91. The van der Waals surface area contributed by atoms with Crippen molar-refractivity contribution < 1.29 is 8.78 Å². The number of halogens is 3. The molecule has 20 heavy (non-hydrogen) atoms. The normalized spacial score (nSPS) is 12.4. The smallest absolute Gasteiger partial charge is 0.127 e. The molecule has 0 radical (unpaired) electrons. The van der Waals surface area contributed by atoms with E-state index in [-0.39, 0.29) is 17.7 Å². The van der Waals surface area contributed by atoms with Crippen molar-refractivity contribution in [1.82, 2.24) is 5.43 Å². The summed E-state index contributed by atoms with van der Waals surface area (Å²) < 4.78 is 28.1. The van der Waals surface area contributed by atoms with Gasteiger partial charge in [0.25, 0.3) is 0 Å². The topological polar surface area (TPSA) is 38.0 Å². The van der Waals surface area contributed by atoms with Crippen LogP contribution in [-0.4, -0.2) is 0 Å². The van der Waals surface area contributed by atoms with E-state index in [1.807, 2.05) is 0 Å². The summed E-state index contributed by atoms with van der Waals surface area (Å²) in [6.07, 6.45) is 0.345. The Hall–Kier alpha value is -1.30. The zero-order valence-electron chi connectivity index (χ0n) is 11.0. The molecule has 0 aliphatic heterocycles. The molecule has 0 spiro atoms. The fourth-order valence-corrected chi connectivity index (χ4v) is 2.34. The molecule has 0 fully saturated rings. The Balaban J connectivity index is 2.26. The zero-order chi connectivity index (χ0) is 14.7. The van der Waals surface area contributed by atoms with E-state index in [1.165, 1.54) is 12.1 Å². The van der Waals surface area contributed by atoms with Gasteiger partial charge >= 0.3 is 0 Å². The number of rotatable bonds is 4. The number of hydrogen-bond donors (Lipinski definition) is 2. The lowest BCUT2D eigenvalue weighted by Gasteiger charge is -2.17. The van der Waals surface area contributed by atoms with E-state index in [0.29, 0.717) is 27.6 Å². The van der Waals surface area contributed by atoms with Crippen LogP contribution in [0, 0.1) is 18.6 Å². The van der Waals surface area contributed by atoms with Crippen LogP contribution in [0.3, 0.4) is 0 Å². The summed E-state index contributed by atoms with van der Waals surface area (Å²) in [6, 6.07) is 9.42.